The van der Waals surface area contributed by atoms with E-state index in [9.17, 15) is 18.0 Å². The van der Waals surface area contributed by atoms with Crippen molar-refractivity contribution < 1.29 is 26.8 Å². The Kier molecular flexibility index (Phi) is 5.10. The number of rotatable bonds is 6. The third-order valence-electron chi connectivity index (χ3n) is 5.75. The minimum atomic E-state index is -4.52. The zero-order chi connectivity index (χ0) is 28.8. The molecule has 5 rings (SSSR count). The maximum Gasteiger partial charge on any atom is 0.405 e. The molecule has 4 aromatic rings. The molecular weight excluding hydrogens is 489 g/mol. The highest BCUT2D eigenvalue weighted by atomic mass is 19.4. The Labute approximate surface area is 213 Å². The predicted octanol–water partition coefficient (Wildman–Crippen LogP) is 4.67. The number of aromatic nitrogens is 4. The van der Waals surface area contributed by atoms with Crippen LogP contribution in [0.3, 0.4) is 0 Å². The molecule has 2 aromatic heterocycles. The normalized spacial score (nSPS) is 15.2. The number of hydrogen-bond donors (Lipinski definition) is 2. The SMILES string of the molecule is [2H]C([2H])([2H])Oc1ccc(N2C(=O)N(c3ccc4nn(C)cc4c3)Cc3c(NC)nc(NCC(F)(F)F)nc32)cc1. The van der Waals surface area contributed by atoms with Gasteiger partial charge in [-0.15, -0.1) is 0 Å². The van der Waals surface area contributed by atoms with Gasteiger partial charge < -0.3 is 15.4 Å². The van der Waals surface area contributed by atoms with Crippen molar-refractivity contribution in [2.75, 3.05) is 41.1 Å². The average Bonchev–Trinajstić information content (AvgIpc) is 3.25. The summed E-state index contributed by atoms with van der Waals surface area (Å²) in [5.74, 6) is 0.00321. The summed E-state index contributed by atoms with van der Waals surface area (Å²) >= 11 is 0. The molecule has 0 unspecified atom stereocenters. The standard InChI is InChI=1S/C24H23F3N8O2/c1-28-20-18-12-34(16-6-9-19-14(10-16)11-33(2)32-19)23(36)35(15-4-7-17(37-3)8-5-15)21(18)31-22(30-20)29-13-24(25,26)27/h4-11H,12-13H2,1-3H3,(H2,28,29,30,31)/i3D3. The van der Waals surface area contributed by atoms with Crippen LogP contribution in [0.25, 0.3) is 10.9 Å². The zero-order valence-electron chi connectivity index (χ0n) is 22.7. The van der Waals surface area contributed by atoms with Gasteiger partial charge in [0.25, 0.3) is 0 Å². The smallest absolute Gasteiger partial charge is 0.405 e. The van der Waals surface area contributed by atoms with Gasteiger partial charge in [-0.2, -0.15) is 28.2 Å². The molecular formula is C24H23F3N8O2. The molecule has 10 nitrogen and oxygen atoms in total. The van der Waals surface area contributed by atoms with E-state index in [0.717, 1.165) is 10.9 Å². The summed E-state index contributed by atoms with van der Waals surface area (Å²) in [6, 6.07) is 10.4. The monoisotopic (exact) mass is 515 g/mol. The first kappa shape index (κ1) is 20.6. The first-order valence-electron chi connectivity index (χ1n) is 12.5. The fourth-order valence-corrected chi connectivity index (χ4v) is 4.11. The largest absolute Gasteiger partial charge is 0.497 e. The predicted molar refractivity (Wildman–Crippen MR) is 134 cm³/mol. The van der Waals surface area contributed by atoms with Crippen molar-refractivity contribution in [3.63, 3.8) is 0 Å². The van der Waals surface area contributed by atoms with Crippen molar-refractivity contribution >= 4 is 45.9 Å². The second-order valence-corrected chi connectivity index (χ2v) is 8.26. The quantitative estimate of drug-likeness (QED) is 0.385. The molecule has 2 N–H and O–H groups in total. The molecule has 0 radical (unpaired) electrons. The minimum absolute atomic E-state index is 0.0202. The van der Waals surface area contributed by atoms with Gasteiger partial charge in [-0.3, -0.25) is 9.58 Å². The van der Waals surface area contributed by atoms with E-state index in [1.165, 1.54) is 34.1 Å². The van der Waals surface area contributed by atoms with Crippen LogP contribution in [0, 0.1) is 0 Å². The molecule has 37 heavy (non-hydrogen) atoms. The molecule has 0 fully saturated rings. The van der Waals surface area contributed by atoms with Crippen molar-refractivity contribution in [3.8, 4) is 5.75 Å². The number of alkyl halides is 3. The van der Waals surface area contributed by atoms with Gasteiger partial charge in [0.1, 0.15) is 18.1 Å². The van der Waals surface area contributed by atoms with Gasteiger partial charge in [-0.05, 0) is 42.5 Å². The third kappa shape index (κ3) is 4.67. The Balaban J connectivity index is 1.62. The van der Waals surface area contributed by atoms with Crippen molar-refractivity contribution in [1.82, 2.24) is 19.7 Å². The second kappa shape index (κ2) is 9.15. The number of urea groups is 1. The maximum atomic E-state index is 14.0. The van der Waals surface area contributed by atoms with E-state index in [1.807, 2.05) is 6.20 Å². The van der Waals surface area contributed by atoms with Crippen molar-refractivity contribution in [2.24, 2.45) is 7.05 Å². The lowest BCUT2D eigenvalue weighted by molar-refractivity contribution is -0.115. The lowest BCUT2D eigenvalue weighted by Crippen LogP contribution is -2.46. The number of halogens is 3. The fourth-order valence-electron chi connectivity index (χ4n) is 4.11. The number of methoxy groups -OCH3 is 1. The van der Waals surface area contributed by atoms with Gasteiger partial charge in [0, 0.05) is 31.4 Å². The fraction of sp³-hybridized carbons (Fsp3) is 0.250. The van der Waals surface area contributed by atoms with E-state index in [1.54, 1.807) is 37.0 Å². The highest BCUT2D eigenvalue weighted by molar-refractivity contribution is 6.11. The number of nitrogens with one attached hydrogen (secondary N) is 2. The van der Waals surface area contributed by atoms with Crippen LogP contribution in [-0.2, 0) is 13.6 Å². The van der Waals surface area contributed by atoms with Crippen LogP contribution in [0.15, 0.2) is 48.7 Å². The Hall–Kier alpha value is -4.55. The first-order valence-corrected chi connectivity index (χ1v) is 11.0. The lowest BCUT2D eigenvalue weighted by atomic mass is 10.1. The van der Waals surface area contributed by atoms with Gasteiger partial charge in [0.2, 0.25) is 5.95 Å². The molecule has 0 spiro atoms. The molecule has 0 bridgehead atoms. The number of benzene rings is 2. The number of hydrogen-bond acceptors (Lipinski definition) is 7. The van der Waals surface area contributed by atoms with Crippen molar-refractivity contribution in [2.45, 2.75) is 12.7 Å². The Morgan fingerprint density at radius 2 is 1.89 bits per heavy atom. The number of amides is 2. The molecule has 2 amide bonds. The highest BCUT2D eigenvalue weighted by Gasteiger charge is 2.37. The minimum Gasteiger partial charge on any atom is -0.497 e. The Bertz CT molecular complexity index is 1570. The van der Waals surface area contributed by atoms with Gasteiger partial charge in [-0.25, -0.2) is 9.69 Å². The van der Waals surface area contributed by atoms with Crippen LogP contribution in [-0.4, -0.2) is 52.6 Å². The highest BCUT2D eigenvalue weighted by Crippen LogP contribution is 2.40. The van der Waals surface area contributed by atoms with Crippen molar-refractivity contribution in [1.29, 1.82) is 0 Å². The molecule has 0 saturated carbocycles. The van der Waals surface area contributed by atoms with Crippen LogP contribution in [0.2, 0.25) is 0 Å². The van der Waals surface area contributed by atoms with E-state index < -0.39 is 25.8 Å². The van der Waals surface area contributed by atoms with Crippen molar-refractivity contribution in [3.05, 3.63) is 54.2 Å². The number of carbonyl (C=O) groups is 1. The van der Waals surface area contributed by atoms with Crippen LogP contribution in [0.1, 0.15) is 9.68 Å². The summed E-state index contributed by atoms with van der Waals surface area (Å²) in [5.41, 5.74) is 2.01. The third-order valence-corrected chi connectivity index (χ3v) is 5.75. The molecule has 0 saturated heterocycles. The van der Waals surface area contributed by atoms with Crippen LogP contribution < -0.4 is 25.2 Å². The van der Waals surface area contributed by atoms with Crippen LogP contribution in [0.5, 0.6) is 5.75 Å². The summed E-state index contributed by atoms with van der Waals surface area (Å²) in [7, 11) is 0.666. The van der Waals surface area contributed by atoms with Crippen LogP contribution in [0.4, 0.5) is 46.9 Å². The first-order chi connectivity index (χ1) is 18.8. The summed E-state index contributed by atoms with van der Waals surface area (Å²) < 4.78 is 67.2. The van der Waals surface area contributed by atoms with Gasteiger partial charge in [0.15, 0.2) is 5.82 Å². The summed E-state index contributed by atoms with van der Waals surface area (Å²) in [5, 5.41) is 10.2. The van der Waals surface area contributed by atoms with E-state index in [2.05, 4.69) is 25.7 Å². The molecule has 1 aliphatic rings. The van der Waals surface area contributed by atoms with Gasteiger partial charge in [0.05, 0.1) is 34.5 Å². The molecule has 0 aliphatic carbocycles. The topological polar surface area (TPSA) is 100 Å². The number of nitrogens with zero attached hydrogens (tertiary/aromatic N) is 6. The second-order valence-electron chi connectivity index (χ2n) is 8.26. The van der Waals surface area contributed by atoms with Gasteiger partial charge >= 0.3 is 12.2 Å². The Morgan fingerprint density at radius 3 is 2.59 bits per heavy atom. The summed E-state index contributed by atoms with van der Waals surface area (Å²) in [6.07, 6.45) is -2.71. The maximum absolute atomic E-state index is 14.0. The number of anilines is 5. The molecule has 192 valence electrons. The van der Waals surface area contributed by atoms with Gasteiger partial charge in [-0.1, -0.05) is 0 Å². The number of aryl methyl sites for hydroxylation is 1. The molecule has 1 aliphatic heterocycles. The number of fused-ring (bicyclic) bond motifs is 2. The van der Waals surface area contributed by atoms with E-state index in [-0.39, 0.29) is 35.6 Å². The molecule has 2 aromatic carbocycles. The lowest BCUT2D eigenvalue weighted by Gasteiger charge is -2.37. The number of carbonyl (C=O) groups excluding carboxylic acids is 1. The molecule has 3 heterocycles. The summed E-state index contributed by atoms with van der Waals surface area (Å²) in [4.78, 5) is 25.2. The van der Waals surface area contributed by atoms with Crippen LogP contribution >= 0.6 is 0 Å². The Morgan fingerprint density at radius 1 is 1.14 bits per heavy atom. The molecule has 0 atom stereocenters. The average molecular weight is 516 g/mol. The molecule has 13 heteroatoms. The zero-order valence-corrected chi connectivity index (χ0v) is 19.7. The van der Waals surface area contributed by atoms with E-state index >= 15 is 0 Å². The van der Waals surface area contributed by atoms with E-state index in [0.29, 0.717) is 11.3 Å². The summed E-state index contributed by atoms with van der Waals surface area (Å²) in [6.45, 7) is -1.35. The number of ether oxygens (including phenoxy) is 1. The van der Waals surface area contributed by atoms with E-state index in [4.69, 9.17) is 8.85 Å².